The minimum atomic E-state index is -0.187. The van der Waals surface area contributed by atoms with Crippen molar-refractivity contribution in [2.45, 2.75) is 39.7 Å². The fraction of sp³-hybridized carbons (Fsp3) is 0.583. The van der Waals surface area contributed by atoms with Crippen molar-refractivity contribution >= 4 is 11.7 Å². The predicted octanol–water partition coefficient (Wildman–Crippen LogP) is 1.83. The summed E-state index contributed by atoms with van der Waals surface area (Å²) in [6.07, 6.45) is 2.23. The van der Waals surface area contributed by atoms with E-state index >= 15 is 0 Å². The van der Waals surface area contributed by atoms with E-state index in [4.69, 9.17) is 0 Å². The van der Waals surface area contributed by atoms with Crippen LogP contribution in [-0.4, -0.2) is 28.7 Å². The first-order valence-corrected chi connectivity index (χ1v) is 6.02. The first-order chi connectivity index (χ1) is 8.13. The molecule has 1 heterocycles. The number of carbonyl (C=O) groups is 1. The maximum Gasteiger partial charge on any atom is 0.271 e. The van der Waals surface area contributed by atoms with Crippen LogP contribution in [0.1, 0.15) is 44.1 Å². The third-order valence-corrected chi connectivity index (χ3v) is 2.15. The van der Waals surface area contributed by atoms with E-state index < -0.39 is 0 Å². The van der Waals surface area contributed by atoms with Gasteiger partial charge in [-0.05, 0) is 32.4 Å². The van der Waals surface area contributed by atoms with E-state index in [1.165, 1.54) is 0 Å². The summed E-state index contributed by atoms with van der Waals surface area (Å²) < 4.78 is 0. The summed E-state index contributed by atoms with van der Waals surface area (Å²) in [5.74, 6) is 0.521. The van der Waals surface area contributed by atoms with Crippen molar-refractivity contribution in [3.8, 4) is 0 Å². The maximum atomic E-state index is 11.6. The van der Waals surface area contributed by atoms with E-state index in [-0.39, 0.29) is 11.9 Å². The van der Waals surface area contributed by atoms with E-state index in [1.54, 1.807) is 12.1 Å². The quantitative estimate of drug-likeness (QED) is 0.739. The SMILES string of the molecule is CCCCNc1ccc(C(=O)NC(C)C)nn1. The zero-order valence-corrected chi connectivity index (χ0v) is 10.7. The molecule has 0 bridgehead atoms. The highest BCUT2D eigenvalue weighted by atomic mass is 16.1. The number of carbonyl (C=O) groups excluding carboxylic acids is 1. The van der Waals surface area contributed by atoms with Gasteiger partial charge in [0.15, 0.2) is 5.69 Å². The molecule has 0 aliphatic carbocycles. The van der Waals surface area contributed by atoms with Crippen LogP contribution in [0.25, 0.3) is 0 Å². The van der Waals surface area contributed by atoms with Crippen LogP contribution in [0.2, 0.25) is 0 Å². The molecule has 0 aliphatic heterocycles. The van der Waals surface area contributed by atoms with Crippen molar-refractivity contribution in [2.24, 2.45) is 0 Å². The molecular formula is C12H20N4O. The van der Waals surface area contributed by atoms with Crippen LogP contribution in [0.3, 0.4) is 0 Å². The Labute approximate surface area is 102 Å². The Hall–Kier alpha value is -1.65. The Balaban J connectivity index is 2.52. The van der Waals surface area contributed by atoms with Gasteiger partial charge in [-0.1, -0.05) is 13.3 Å². The van der Waals surface area contributed by atoms with Gasteiger partial charge in [-0.3, -0.25) is 4.79 Å². The minimum absolute atomic E-state index is 0.103. The van der Waals surface area contributed by atoms with E-state index in [1.807, 2.05) is 13.8 Å². The number of hydrogen-bond acceptors (Lipinski definition) is 4. The molecule has 0 atom stereocenters. The molecule has 1 aromatic rings. The average molecular weight is 236 g/mol. The van der Waals surface area contributed by atoms with Crippen molar-refractivity contribution in [2.75, 3.05) is 11.9 Å². The van der Waals surface area contributed by atoms with Crippen LogP contribution >= 0.6 is 0 Å². The Morgan fingerprint density at radius 1 is 1.35 bits per heavy atom. The lowest BCUT2D eigenvalue weighted by molar-refractivity contribution is 0.0937. The number of hydrogen-bond donors (Lipinski definition) is 2. The molecule has 1 rings (SSSR count). The van der Waals surface area contributed by atoms with Crippen LogP contribution in [0.15, 0.2) is 12.1 Å². The van der Waals surface area contributed by atoms with Crippen molar-refractivity contribution in [1.29, 1.82) is 0 Å². The lowest BCUT2D eigenvalue weighted by Gasteiger charge is -2.07. The van der Waals surface area contributed by atoms with Crippen molar-refractivity contribution in [3.05, 3.63) is 17.8 Å². The van der Waals surface area contributed by atoms with E-state index in [2.05, 4.69) is 27.8 Å². The van der Waals surface area contributed by atoms with Gasteiger partial charge in [-0.15, -0.1) is 10.2 Å². The Morgan fingerprint density at radius 3 is 2.65 bits per heavy atom. The number of amides is 1. The molecule has 17 heavy (non-hydrogen) atoms. The maximum absolute atomic E-state index is 11.6. The molecule has 0 saturated carbocycles. The lowest BCUT2D eigenvalue weighted by Crippen LogP contribution is -2.30. The Kier molecular flexibility index (Phi) is 5.39. The summed E-state index contributed by atoms with van der Waals surface area (Å²) >= 11 is 0. The first kappa shape index (κ1) is 13.4. The van der Waals surface area contributed by atoms with Gasteiger partial charge < -0.3 is 10.6 Å². The molecule has 5 nitrogen and oxygen atoms in total. The van der Waals surface area contributed by atoms with Crippen LogP contribution in [0.5, 0.6) is 0 Å². The number of aromatic nitrogens is 2. The second-order valence-corrected chi connectivity index (χ2v) is 4.21. The van der Waals surface area contributed by atoms with Crippen LogP contribution in [0.4, 0.5) is 5.82 Å². The fourth-order valence-corrected chi connectivity index (χ4v) is 1.28. The number of unbranched alkanes of at least 4 members (excludes halogenated alkanes) is 1. The molecule has 5 heteroatoms. The monoisotopic (exact) mass is 236 g/mol. The summed E-state index contributed by atoms with van der Waals surface area (Å²) in [6, 6.07) is 3.56. The lowest BCUT2D eigenvalue weighted by atomic mass is 10.3. The van der Waals surface area contributed by atoms with Crippen molar-refractivity contribution < 1.29 is 4.79 Å². The van der Waals surface area contributed by atoms with E-state index in [0.29, 0.717) is 11.5 Å². The third-order valence-electron chi connectivity index (χ3n) is 2.15. The molecular weight excluding hydrogens is 216 g/mol. The number of anilines is 1. The summed E-state index contributed by atoms with van der Waals surface area (Å²) in [6.45, 7) is 6.83. The third kappa shape index (κ3) is 4.80. The van der Waals surface area contributed by atoms with Crippen molar-refractivity contribution in [1.82, 2.24) is 15.5 Å². The average Bonchev–Trinajstić information content (AvgIpc) is 2.29. The topological polar surface area (TPSA) is 66.9 Å². The van der Waals surface area contributed by atoms with Gasteiger partial charge in [0.2, 0.25) is 0 Å². The summed E-state index contributed by atoms with van der Waals surface area (Å²) in [4.78, 5) is 11.6. The fourth-order valence-electron chi connectivity index (χ4n) is 1.28. The van der Waals surface area contributed by atoms with Gasteiger partial charge in [0.05, 0.1) is 0 Å². The predicted molar refractivity (Wildman–Crippen MR) is 68.0 cm³/mol. The molecule has 0 aliphatic rings. The molecule has 94 valence electrons. The molecule has 1 amide bonds. The van der Waals surface area contributed by atoms with Gasteiger partial charge in [0, 0.05) is 12.6 Å². The Morgan fingerprint density at radius 2 is 2.12 bits per heavy atom. The molecule has 1 aromatic heterocycles. The largest absolute Gasteiger partial charge is 0.369 e. The first-order valence-electron chi connectivity index (χ1n) is 6.02. The molecule has 0 unspecified atom stereocenters. The van der Waals surface area contributed by atoms with Gasteiger partial charge in [-0.2, -0.15) is 0 Å². The normalized spacial score (nSPS) is 10.4. The molecule has 2 N–H and O–H groups in total. The van der Waals surface area contributed by atoms with E-state index in [0.717, 1.165) is 19.4 Å². The zero-order chi connectivity index (χ0) is 12.7. The number of nitrogens with zero attached hydrogens (tertiary/aromatic N) is 2. The van der Waals surface area contributed by atoms with Gasteiger partial charge in [0.25, 0.3) is 5.91 Å². The minimum Gasteiger partial charge on any atom is -0.369 e. The van der Waals surface area contributed by atoms with Crippen molar-refractivity contribution in [3.63, 3.8) is 0 Å². The standard InChI is InChI=1S/C12H20N4O/c1-4-5-8-13-11-7-6-10(15-16-11)12(17)14-9(2)3/h6-7,9H,4-5,8H2,1-3H3,(H,13,16)(H,14,17). The second-order valence-electron chi connectivity index (χ2n) is 4.21. The Bertz CT molecular complexity index is 348. The highest BCUT2D eigenvalue weighted by molar-refractivity contribution is 5.92. The molecule has 0 fully saturated rings. The molecule has 0 saturated heterocycles. The summed E-state index contributed by atoms with van der Waals surface area (Å²) in [5, 5.41) is 13.8. The zero-order valence-electron chi connectivity index (χ0n) is 10.7. The molecule has 0 spiro atoms. The van der Waals surface area contributed by atoms with Crippen LogP contribution in [0, 0.1) is 0 Å². The number of nitrogens with one attached hydrogen (secondary N) is 2. The molecule has 0 aromatic carbocycles. The van der Waals surface area contributed by atoms with Crippen LogP contribution < -0.4 is 10.6 Å². The van der Waals surface area contributed by atoms with Crippen LogP contribution in [-0.2, 0) is 0 Å². The van der Waals surface area contributed by atoms with Gasteiger partial charge in [-0.25, -0.2) is 0 Å². The summed E-state index contributed by atoms with van der Waals surface area (Å²) in [5.41, 5.74) is 0.347. The van der Waals surface area contributed by atoms with Gasteiger partial charge >= 0.3 is 0 Å². The molecule has 0 radical (unpaired) electrons. The smallest absolute Gasteiger partial charge is 0.271 e. The highest BCUT2D eigenvalue weighted by Gasteiger charge is 2.08. The number of rotatable bonds is 6. The van der Waals surface area contributed by atoms with E-state index in [9.17, 15) is 4.79 Å². The summed E-state index contributed by atoms with van der Waals surface area (Å²) in [7, 11) is 0. The highest BCUT2D eigenvalue weighted by Crippen LogP contribution is 2.02. The van der Waals surface area contributed by atoms with Gasteiger partial charge in [0.1, 0.15) is 5.82 Å². The second kappa shape index (κ2) is 6.83.